The van der Waals surface area contributed by atoms with Crippen LogP contribution in [0, 0.1) is 13.8 Å². The van der Waals surface area contributed by atoms with Gasteiger partial charge in [-0.1, -0.05) is 30.4 Å². The molecule has 2 rings (SSSR count). The molecule has 0 fully saturated rings. The van der Waals surface area contributed by atoms with Crippen molar-refractivity contribution in [1.29, 1.82) is 0 Å². The zero-order chi connectivity index (χ0) is 19.5. The maximum absolute atomic E-state index is 12.6. The number of aryl methyl sites for hydroxylation is 2. The van der Waals surface area contributed by atoms with E-state index in [0.717, 1.165) is 0 Å². The van der Waals surface area contributed by atoms with Gasteiger partial charge in [0, 0.05) is 6.54 Å². The molecule has 8 nitrogen and oxygen atoms in total. The van der Waals surface area contributed by atoms with Crippen molar-refractivity contribution in [2.45, 2.75) is 32.2 Å². The molecule has 138 valence electrons. The van der Waals surface area contributed by atoms with Crippen LogP contribution in [0.4, 0.5) is 4.79 Å². The number of aromatic nitrogens is 3. The average molecular weight is 376 g/mol. The molecule has 1 aromatic heterocycles. The number of hydrogen-bond acceptors (Lipinski definition) is 5. The van der Waals surface area contributed by atoms with E-state index in [4.69, 9.17) is 0 Å². The van der Waals surface area contributed by atoms with E-state index in [0.29, 0.717) is 15.8 Å². The fourth-order valence-corrected chi connectivity index (χ4v) is 3.95. The van der Waals surface area contributed by atoms with Crippen LogP contribution in [0.2, 0.25) is 0 Å². The van der Waals surface area contributed by atoms with Crippen molar-refractivity contribution < 1.29 is 13.2 Å². The third-order valence-corrected chi connectivity index (χ3v) is 5.23. The van der Waals surface area contributed by atoms with Crippen LogP contribution in [-0.2, 0) is 16.6 Å². The Morgan fingerprint density at radius 2 is 1.92 bits per heavy atom. The van der Waals surface area contributed by atoms with Gasteiger partial charge in [-0.25, -0.2) is 22.7 Å². The number of allylic oxidation sites excluding steroid dienone is 2. The quantitative estimate of drug-likeness (QED) is 0.802. The third-order valence-electron chi connectivity index (χ3n) is 3.61. The minimum absolute atomic E-state index is 0.000556. The first-order valence-corrected chi connectivity index (χ1v) is 9.28. The minimum atomic E-state index is -4.16. The lowest BCUT2D eigenvalue weighted by molar-refractivity contribution is 0.243. The number of amides is 1. The SMILES string of the molecule is C=CCn1c(/C=C/C)nn(C(=O)NS(=O)(=O)c2c(C)cccc2C)c1=O. The molecule has 0 radical (unpaired) electrons. The molecule has 0 unspecified atom stereocenters. The standard InChI is InChI=1S/C17H20N4O4S/c1-5-8-14-18-21(17(23)20(14)11-6-2)16(22)19-26(24,25)15-12(3)9-7-10-13(15)4/h5-10H,2,11H2,1,3-4H3,(H,19,22)/b8-5+. The van der Waals surface area contributed by atoms with Crippen molar-refractivity contribution in [3.8, 4) is 0 Å². The van der Waals surface area contributed by atoms with E-state index in [2.05, 4.69) is 11.7 Å². The van der Waals surface area contributed by atoms with Gasteiger partial charge in [-0.05, 0) is 38.0 Å². The topological polar surface area (TPSA) is 103 Å². The van der Waals surface area contributed by atoms with Crippen molar-refractivity contribution in [3.05, 3.63) is 64.4 Å². The van der Waals surface area contributed by atoms with Crippen LogP contribution in [0.25, 0.3) is 6.08 Å². The van der Waals surface area contributed by atoms with Crippen LogP contribution in [0.15, 0.2) is 46.6 Å². The Balaban J connectivity index is 2.46. The molecule has 1 aromatic carbocycles. The number of carbonyl (C=O) groups excluding carboxylic acids is 1. The van der Waals surface area contributed by atoms with Crippen LogP contribution in [-0.4, -0.2) is 28.8 Å². The highest BCUT2D eigenvalue weighted by Gasteiger charge is 2.25. The molecule has 26 heavy (non-hydrogen) atoms. The predicted molar refractivity (Wildman–Crippen MR) is 98.4 cm³/mol. The number of rotatable bonds is 5. The Morgan fingerprint density at radius 1 is 1.31 bits per heavy atom. The second kappa shape index (κ2) is 7.52. The number of sulfonamides is 1. The smallest absolute Gasteiger partial charge is 0.271 e. The van der Waals surface area contributed by atoms with E-state index in [1.807, 2.05) is 4.72 Å². The van der Waals surface area contributed by atoms with Gasteiger partial charge < -0.3 is 0 Å². The summed E-state index contributed by atoms with van der Waals surface area (Å²) in [6, 6.07) is 3.82. The van der Waals surface area contributed by atoms with Crippen LogP contribution < -0.4 is 10.4 Å². The Bertz CT molecular complexity index is 1020. The van der Waals surface area contributed by atoms with E-state index in [9.17, 15) is 18.0 Å². The first kappa shape index (κ1) is 19.4. The summed E-state index contributed by atoms with van der Waals surface area (Å²) in [5.41, 5.74) is 0.223. The van der Waals surface area contributed by atoms with Crippen molar-refractivity contribution in [2.24, 2.45) is 0 Å². The van der Waals surface area contributed by atoms with Crippen molar-refractivity contribution >= 4 is 22.1 Å². The van der Waals surface area contributed by atoms with E-state index in [1.54, 1.807) is 45.0 Å². The molecular weight excluding hydrogens is 356 g/mol. The van der Waals surface area contributed by atoms with Gasteiger partial charge in [0.25, 0.3) is 10.0 Å². The van der Waals surface area contributed by atoms with Crippen LogP contribution in [0.3, 0.4) is 0 Å². The van der Waals surface area contributed by atoms with Crippen LogP contribution in [0.1, 0.15) is 23.9 Å². The molecule has 0 atom stereocenters. The number of nitrogens with zero attached hydrogens (tertiary/aromatic N) is 3. The van der Waals surface area contributed by atoms with E-state index >= 15 is 0 Å². The van der Waals surface area contributed by atoms with Gasteiger partial charge in [0.1, 0.15) is 0 Å². The Morgan fingerprint density at radius 3 is 2.46 bits per heavy atom. The van der Waals surface area contributed by atoms with Crippen LogP contribution in [0.5, 0.6) is 0 Å². The Hall–Kier alpha value is -2.94. The van der Waals surface area contributed by atoms with Gasteiger partial charge in [-0.2, -0.15) is 0 Å². The van der Waals surface area contributed by atoms with Crippen molar-refractivity contribution in [1.82, 2.24) is 19.1 Å². The molecule has 1 N–H and O–H groups in total. The number of benzene rings is 1. The summed E-state index contributed by atoms with van der Waals surface area (Å²) in [5, 5.41) is 3.90. The number of nitrogens with one attached hydrogen (secondary N) is 1. The van der Waals surface area contributed by atoms with Gasteiger partial charge in [-0.3, -0.25) is 4.57 Å². The lowest BCUT2D eigenvalue weighted by Gasteiger charge is -2.11. The first-order chi connectivity index (χ1) is 12.2. The molecule has 9 heteroatoms. The molecule has 0 aliphatic rings. The summed E-state index contributed by atoms with van der Waals surface area (Å²) in [4.78, 5) is 24.8. The maximum atomic E-state index is 12.6. The zero-order valence-corrected chi connectivity index (χ0v) is 15.6. The van der Waals surface area contributed by atoms with Crippen LogP contribution >= 0.6 is 0 Å². The predicted octanol–water partition coefficient (Wildman–Crippen LogP) is 1.83. The maximum Gasteiger partial charge on any atom is 0.360 e. The first-order valence-electron chi connectivity index (χ1n) is 7.79. The highest BCUT2D eigenvalue weighted by Crippen LogP contribution is 2.19. The summed E-state index contributed by atoms with van der Waals surface area (Å²) in [7, 11) is -4.16. The summed E-state index contributed by atoms with van der Waals surface area (Å²) >= 11 is 0. The molecule has 0 bridgehead atoms. The molecule has 0 aliphatic carbocycles. The monoisotopic (exact) mass is 376 g/mol. The van der Waals surface area contributed by atoms with Gasteiger partial charge in [-0.15, -0.1) is 16.4 Å². The molecule has 0 saturated heterocycles. The molecule has 1 amide bonds. The van der Waals surface area contributed by atoms with Crippen molar-refractivity contribution in [3.63, 3.8) is 0 Å². The number of hydrogen-bond donors (Lipinski definition) is 1. The molecule has 0 saturated carbocycles. The van der Waals surface area contributed by atoms with Crippen molar-refractivity contribution in [2.75, 3.05) is 0 Å². The summed E-state index contributed by atoms with van der Waals surface area (Å²) < 4.78 is 28.8. The second-order valence-corrected chi connectivity index (χ2v) is 7.20. The molecule has 2 aromatic rings. The normalized spacial score (nSPS) is 11.7. The Kier molecular flexibility index (Phi) is 5.61. The van der Waals surface area contributed by atoms with Gasteiger partial charge >= 0.3 is 11.7 Å². The largest absolute Gasteiger partial charge is 0.360 e. The number of carbonyl (C=O) groups is 1. The fraction of sp³-hybridized carbons (Fsp3) is 0.235. The molecular formula is C17H20N4O4S. The highest BCUT2D eigenvalue weighted by molar-refractivity contribution is 7.90. The molecule has 0 spiro atoms. The fourth-order valence-electron chi connectivity index (χ4n) is 2.55. The third kappa shape index (κ3) is 3.67. The van der Waals surface area contributed by atoms with Gasteiger partial charge in [0.2, 0.25) is 0 Å². The highest BCUT2D eigenvalue weighted by atomic mass is 32.2. The van der Waals surface area contributed by atoms with E-state index in [-0.39, 0.29) is 17.3 Å². The zero-order valence-electron chi connectivity index (χ0n) is 14.8. The second-order valence-electron chi connectivity index (χ2n) is 5.58. The molecule has 0 aliphatic heterocycles. The average Bonchev–Trinajstić information content (AvgIpc) is 2.84. The Labute approximate surface area is 151 Å². The van der Waals surface area contributed by atoms with E-state index < -0.39 is 21.7 Å². The lowest BCUT2D eigenvalue weighted by atomic mass is 10.2. The summed E-state index contributed by atoms with van der Waals surface area (Å²) in [5.74, 6) is 0.219. The lowest BCUT2D eigenvalue weighted by Crippen LogP contribution is -2.41. The summed E-state index contributed by atoms with van der Waals surface area (Å²) in [6.07, 6.45) is 4.66. The molecule has 1 heterocycles. The van der Waals surface area contributed by atoms with E-state index in [1.165, 1.54) is 16.7 Å². The minimum Gasteiger partial charge on any atom is -0.271 e. The summed E-state index contributed by atoms with van der Waals surface area (Å²) in [6.45, 7) is 8.67. The van der Waals surface area contributed by atoms with Gasteiger partial charge in [0.15, 0.2) is 5.82 Å². The van der Waals surface area contributed by atoms with Gasteiger partial charge in [0.05, 0.1) is 4.90 Å².